The van der Waals surface area contributed by atoms with E-state index in [-0.39, 0.29) is 5.91 Å². The lowest BCUT2D eigenvalue weighted by atomic mass is 10.1. The van der Waals surface area contributed by atoms with E-state index in [9.17, 15) is 4.79 Å². The number of hydrogen-bond donors (Lipinski definition) is 2. The number of amides is 1. The third kappa shape index (κ3) is 6.97. The molecule has 0 spiro atoms. The monoisotopic (exact) mass is 596 g/mol. The molecule has 37 heavy (non-hydrogen) atoms. The van der Waals surface area contributed by atoms with Crippen molar-refractivity contribution in [3.8, 4) is 22.8 Å². The van der Waals surface area contributed by atoms with E-state index in [0.717, 1.165) is 27.6 Å². The lowest BCUT2D eigenvalue weighted by Gasteiger charge is -2.12. The number of thiazole rings is 1. The van der Waals surface area contributed by atoms with E-state index in [4.69, 9.17) is 21.1 Å². The van der Waals surface area contributed by atoms with Gasteiger partial charge in [-0.15, -0.1) is 11.3 Å². The van der Waals surface area contributed by atoms with Crippen molar-refractivity contribution in [3.05, 3.63) is 99.3 Å². The van der Waals surface area contributed by atoms with Gasteiger partial charge in [-0.25, -0.2) is 10.4 Å². The van der Waals surface area contributed by atoms with Crippen LogP contribution in [0.4, 0.5) is 10.8 Å². The highest BCUT2D eigenvalue weighted by Crippen LogP contribution is 2.36. The number of aromatic nitrogens is 1. The van der Waals surface area contributed by atoms with Crippen LogP contribution < -0.4 is 20.2 Å². The van der Waals surface area contributed by atoms with E-state index in [1.807, 2.05) is 47.8 Å². The molecule has 10 heteroatoms. The van der Waals surface area contributed by atoms with Crippen molar-refractivity contribution >= 4 is 61.8 Å². The van der Waals surface area contributed by atoms with E-state index in [1.54, 1.807) is 31.4 Å². The van der Waals surface area contributed by atoms with Crippen LogP contribution in [0.1, 0.15) is 15.9 Å². The van der Waals surface area contributed by atoms with Crippen LogP contribution in [-0.2, 0) is 0 Å². The quantitative estimate of drug-likeness (QED) is 0.114. The van der Waals surface area contributed by atoms with Crippen molar-refractivity contribution in [2.75, 3.05) is 19.0 Å². The average molecular weight is 598 g/mol. The van der Waals surface area contributed by atoms with Crippen LogP contribution in [0.2, 0.25) is 5.02 Å². The van der Waals surface area contributed by atoms with Gasteiger partial charge in [-0.2, -0.15) is 5.10 Å². The molecule has 0 saturated carbocycles. The molecule has 4 rings (SSSR count). The molecule has 0 saturated heterocycles. The standard InChI is InChI=1S/C27H22BrClN4O3S/c1-3-12-36-25-22(28)13-17(14-24(25)35-2)15-30-33-26(34)19-6-4-18(5-7-19)23-16-37-27(32-23)31-21-10-8-20(29)9-11-21/h3-11,13-16H,1,12H2,2H3,(H,31,32)(H,33,34)/b30-15-. The van der Waals surface area contributed by atoms with Gasteiger partial charge >= 0.3 is 0 Å². The van der Waals surface area contributed by atoms with Gasteiger partial charge in [0.15, 0.2) is 16.6 Å². The fraction of sp³-hybridized carbons (Fsp3) is 0.0741. The SMILES string of the molecule is C=CCOc1c(Br)cc(/C=N\NC(=O)c2ccc(-c3csc(Nc4ccc(Cl)cc4)n3)cc2)cc1OC. The number of anilines is 2. The maximum atomic E-state index is 12.6. The molecule has 7 nitrogen and oxygen atoms in total. The second kappa shape index (κ2) is 12.5. The molecule has 0 atom stereocenters. The summed E-state index contributed by atoms with van der Waals surface area (Å²) in [5, 5.41) is 10.7. The second-order valence-corrected chi connectivity index (χ2v) is 9.73. The number of ether oxygens (including phenoxy) is 2. The van der Waals surface area contributed by atoms with E-state index < -0.39 is 0 Å². The Balaban J connectivity index is 1.37. The number of nitrogens with one attached hydrogen (secondary N) is 2. The first-order valence-electron chi connectivity index (χ1n) is 11.0. The molecule has 188 valence electrons. The number of hydrazone groups is 1. The zero-order valence-electron chi connectivity index (χ0n) is 19.7. The largest absolute Gasteiger partial charge is 0.493 e. The van der Waals surface area contributed by atoms with E-state index in [1.165, 1.54) is 17.6 Å². The molecule has 0 aliphatic rings. The smallest absolute Gasteiger partial charge is 0.271 e. The van der Waals surface area contributed by atoms with E-state index in [0.29, 0.717) is 33.2 Å². The summed E-state index contributed by atoms with van der Waals surface area (Å²) in [6, 6.07) is 18.2. The lowest BCUT2D eigenvalue weighted by Crippen LogP contribution is -2.17. The number of rotatable bonds is 10. The third-order valence-corrected chi connectivity index (χ3v) is 6.62. The van der Waals surface area contributed by atoms with Crippen molar-refractivity contribution in [1.82, 2.24) is 10.4 Å². The van der Waals surface area contributed by atoms with Crippen LogP contribution >= 0.6 is 38.9 Å². The van der Waals surface area contributed by atoms with Gasteiger partial charge in [0, 0.05) is 27.2 Å². The van der Waals surface area contributed by atoms with Crippen LogP contribution in [0.5, 0.6) is 11.5 Å². The zero-order valence-corrected chi connectivity index (χ0v) is 22.9. The van der Waals surface area contributed by atoms with Gasteiger partial charge in [0.2, 0.25) is 0 Å². The molecule has 1 heterocycles. The molecule has 2 N–H and O–H groups in total. The number of carbonyl (C=O) groups excluding carboxylic acids is 1. The van der Waals surface area contributed by atoms with Crippen molar-refractivity contribution < 1.29 is 14.3 Å². The van der Waals surface area contributed by atoms with Crippen molar-refractivity contribution in [3.63, 3.8) is 0 Å². The molecule has 3 aromatic carbocycles. The normalized spacial score (nSPS) is 10.8. The maximum Gasteiger partial charge on any atom is 0.271 e. The van der Waals surface area contributed by atoms with Gasteiger partial charge < -0.3 is 14.8 Å². The Bertz CT molecular complexity index is 1420. The molecule has 4 aromatic rings. The van der Waals surface area contributed by atoms with Gasteiger partial charge in [0.1, 0.15) is 6.61 Å². The first kappa shape index (κ1) is 26.4. The highest BCUT2D eigenvalue weighted by Gasteiger charge is 2.11. The van der Waals surface area contributed by atoms with Gasteiger partial charge in [0.05, 0.1) is 23.5 Å². The second-order valence-electron chi connectivity index (χ2n) is 7.58. The Kier molecular flexibility index (Phi) is 8.95. The predicted molar refractivity (Wildman–Crippen MR) is 154 cm³/mol. The minimum atomic E-state index is -0.330. The molecule has 0 bridgehead atoms. The Labute approximate surface area is 231 Å². The Hall–Kier alpha value is -3.66. The topological polar surface area (TPSA) is 84.8 Å². The van der Waals surface area contributed by atoms with Crippen molar-refractivity contribution in [1.29, 1.82) is 0 Å². The minimum absolute atomic E-state index is 0.330. The molecule has 1 amide bonds. The fourth-order valence-corrected chi connectivity index (χ4v) is 4.68. The summed E-state index contributed by atoms with van der Waals surface area (Å²) in [6.45, 7) is 3.99. The van der Waals surface area contributed by atoms with Gasteiger partial charge in [0.25, 0.3) is 5.91 Å². The Morgan fingerprint density at radius 2 is 1.95 bits per heavy atom. The molecule has 0 aliphatic carbocycles. The molecule has 1 aromatic heterocycles. The van der Waals surface area contributed by atoms with Gasteiger partial charge in [-0.3, -0.25) is 4.79 Å². The van der Waals surface area contributed by atoms with Crippen LogP contribution in [-0.4, -0.2) is 30.8 Å². The summed E-state index contributed by atoms with van der Waals surface area (Å²) in [7, 11) is 1.55. The summed E-state index contributed by atoms with van der Waals surface area (Å²) in [5.74, 6) is 0.771. The van der Waals surface area contributed by atoms with Gasteiger partial charge in [-0.1, -0.05) is 36.4 Å². The summed E-state index contributed by atoms with van der Waals surface area (Å²) >= 11 is 10.9. The van der Waals surface area contributed by atoms with Crippen LogP contribution in [0.15, 0.2) is 88.3 Å². The molecule has 0 radical (unpaired) electrons. The summed E-state index contributed by atoms with van der Waals surface area (Å²) < 4.78 is 11.7. The third-order valence-electron chi connectivity index (χ3n) is 5.02. The Morgan fingerprint density at radius 1 is 1.19 bits per heavy atom. The van der Waals surface area contributed by atoms with Crippen LogP contribution in [0.3, 0.4) is 0 Å². The summed E-state index contributed by atoms with van der Waals surface area (Å²) in [5.41, 5.74) is 6.35. The maximum absolute atomic E-state index is 12.6. The molecule has 0 unspecified atom stereocenters. The predicted octanol–water partition coefficient (Wildman–Crippen LogP) is 7.31. The number of methoxy groups -OCH3 is 1. The highest BCUT2D eigenvalue weighted by molar-refractivity contribution is 9.10. The number of hydrogen-bond acceptors (Lipinski definition) is 7. The number of halogens is 2. The number of benzene rings is 3. The first-order valence-corrected chi connectivity index (χ1v) is 13.0. The molecular weight excluding hydrogens is 576 g/mol. The molecule has 0 fully saturated rings. The lowest BCUT2D eigenvalue weighted by molar-refractivity contribution is 0.0955. The van der Waals surface area contributed by atoms with E-state index in [2.05, 4.69) is 43.3 Å². The zero-order chi connectivity index (χ0) is 26.2. The van der Waals surface area contributed by atoms with E-state index >= 15 is 0 Å². The fourth-order valence-electron chi connectivity index (χ4n) is 3.24. The summed E-state index contributed by atoms with van der Waals surface area (Å²) in [4.78, 5) is 17.2. The summed E-state index contributed by atoms with van der Waals surface area (Å²) in [6.07, 6.45) is 3.18. The van der Waals surface area contributed by atoms with Crippen molar-refractivity contribution in [2.45, 2.75) is 0 Å². The number of nitrogens with zero attached hydrogens (tertiary/aromatic N) is 2. The van der Waals surface area contributed by atoms with Gasteiger partial charge in [-0.05, 0) is 70.0 Å². The van der Waals surface area contributed by atoms with Crippen LogP contribution in [0, 0.1) is 0 Å². The number of carbonyl (C=O) groups is 1. The minimum Gasteiger partial charge on any atom is -0.493 e. The molecule has 0 aliphatic heterocycles. The first-order chi connectivity index (χ1) is 18.0. The molecular formula is C27H22BrClN4O3S. The Morgan fingerprint density at radius 3 is 2.65 bits per heavy atom. The van der Waals surface area contributed by atoms with Crippen molar-refractivity contribution in [2.24, 2.45) is 5.10 Å². The highest BCUT2D eigenvalue weighted by atomic mass is 79.9. The average Bonchev–Trinajstić information content (AvgIpc) is 3.37. The van der Waals surface area contributed by atoms with Crippen LogP contribution in [0.25, 0.3) is 11.3 Å².